The molecule has 0 heterocycles. The van der Waals surface area contributed by atoms with Gasteiger partial charge in [-0.1, -0.05) is 20.8 Å². The minimum Gasteiger partial charge on any atom is -0.481 e. The third-order valence-corrected chi connectivity index (χ3v) is 7.91. The number of Topliss-reactive ketones (excluding diaryl/α,β-unsaturated/α-hetero) is 2. The fraction of sp³-hybridized carbons (Fsp3) is 0.758. The standard InChI is InChI=1S/C33H52O14/c1-9-24(19-33(23(6)35,16-13-25(36)37)30(42)45-12-4)28(40)47-21-31(7,8)20-46-27(39)15-18-32(22(5)34,29(41)44-11-3)17-14-26(38)43-10-2/h24H,9-21H2,1-8H3,(H,36,37)/t24?,32-,33?/m0/s1. The Morgan fingerprint density at radius 2 is 1.02 bits per heavy atom. The van der Waals surface area contributed by atoms with E-state index in [4.69, 9.17) is 23.7 Å². The highest BCUT2D eigenvalue weighted by Gasteiger charge is 2.48. The Bertz CT molecular complexity index is 1130. The Kier molecular flexibility index (Phi) is 18.7. The third-order valence-electron chi connectivity index (χ3n) is 7.91. The molecule has 0 aromatic heterocycles. The summed E-state index contributed by atoms with van der Waals surface area (Å²) in [7, 11) is 0. The topological polar surface area (TPSA) is 203 Å². The first kappa shape index (κ1) is 43.2. The Labute approximate surface area is 276 Å². The van der Waals surface area contributed by atoms with E-state index in [0.29, 0.717) is 0 Å². The summed E-state index contributed by atoms with van der Waals surface area (Å²) in [4.78, 5) is 100. The minimum absolute atomic E-state index is 0.00951. The summed E-state index contributed by atoms with van der Waals surface area (Å²) in [6.07, 6.45) is -1.97. The van der Waals surface area contributed by atoms with E-state index in [1.165, 1.54) is 6.92 Å². The molecule has 3 atom stereocenters. The molecule has 0 aliphatic heterocycles. The van der Waals surface area contributed by atoms with Crippen LogP contribution in [0.1, 0.15) is 107 Å². The molecule has 14 heteroatoms. The van der Waals surface area contributed by atoms with Crippen LogP contribution in [0.5, 0.6) is 0 Å². The first-order valence-corrected chi connectivity index (χ1v) is 15.9. The summed E-state index contributed by atoms with van der Waals surface area (Å²) in [5.41, 5.74) is -4.48. The molecule has 0 radical (unpaired) electrons. The third kappa shape index (κ3) is 13.8. The zero-order valence-corrected chi connectivity index (χ0v) is 29.0. The molecule has 2 unspecified atom stereocenters. The zero-order valence-electron chi connectivity index (χ0n) is 29.0. The lowest BCUT2D eigenvalue weighted by Crippen LogP contribution is -2.43. The molecule has 1 N–H and O–H groups in total. The number of hydrogen-bond acceptors (Lipinski definition) is 13. The molecule has 14 nitrogen and oxygen atoms in total. The van der Waals surface area contributed by atoms with E-state index in [1.54, 1.807) is 41.5 Å². The molecule has 0 aliphatic carbocycles. The minimum atomic E-state index is -1.84. The predicted octanol–water partition coefficient (Wildman–Crippen LogP) is 3.78. The first-order valence-electron chi connectivity index (χ1n) is 15.9. The van der Waals surface area contributed by atoms with Crippen molar-refractivity contribution in [3.8, 4) is 0 Å². The van der Waals surface area contributed by atoms with Crippen LogP contribution in [0, 0.1) is 22.2 Å². The van der Waals surface area contributed by atoms with Crippen molar-refractivity contribution in [3.05, 3.63) is 0 Å². The SMILES string of the molecule is CCOC(=O)CC[C@](CCC(=O)OCC(C)(C)COC(=O)C(CC)CC(CCC(=O)O)(C(C)=O)C(=O)OCC)(C(C)=O)C(=O)OCC. The molecule has 0 spiro atoms. The maximum atomic E-state index is 13.1. The highest BCUT2D eigenvalue weighted by atomic mass is 16.6. The van der Waals surface area contributed by atoms with Crippen molar-refractivity contribution >= 4 is 47.4 Å². The second-order valence-electron chi connectivity index (χ2n) is 12.2. The average molecular weight is 673 g/mol. The number of aliphatic carboxylic acids is 1. The van der Waals surface area contributed by atoms with Gasteiger partial charge in [0.15, 0.2) is 0 Å². The van der Waals surface area contributed by atoms with Crippen LogP contribution in [-0.2, 0) is 62.0 Å². The molecular weight excluding hydrogens is 620 g/mol. The highest BCUT2D eigenvalue weighted by Crippen LogP contribution is 2.37. The lowest BCUT2D eigenvalue weighted by atomic mass is 9.72. The predicted molar refractivity (Wildman–Crippen MR) is 166 cm³/mol. The van der Waals surface area contributed by atoms with E-state index >= 15 is 0 Å². The van der Waals surface area contributed by atoms with Gasteiger partial charge in [0.25, 0.3) is 0 Å². The fourth-order valence-corrected chi connectivity index (χ4v) is 4.89. The van der Waals surface area contributed by atoms with E-state index in [9.17, 15) is 43.5 Å². The van der Waals surface area contributed by atoms with Gasteiger partial charge in [0.1, 0.15) is 22.4 Å². The largest absolute Gasteiger partial charge is 0.481 e. The van der Waals surface area contributed by atoms with Crippen LogP contribution in [0.25, 0.3) is 0 Å². The van der Waals surface area contributed by atoms with Gasteiger partial charge in [-0.25, -0.2) is 0 Å². The molecule has 0 saturated carbocycles. The van der Waals surface area contributed by atoms with E-state index < -0.39 is 76.0 Å². The molecule has 0 aliphatic rings. The number of hydrogen-bond donors (Lipinski definition) is 1. The maximum Gasteiger partial charge on any atom is 0.319 e. The Morgan fingerprint density at radius 3 is 1.45 bits per heavy atom. The number of rotatable bonds is 24. The maximum absolute atomic E-state index is 13.1. The van der Waals surface area contributed by atoms with Crippen LogP contribution in [0.4, 0.5) is 0 Å². The summed E-state index contributed by atoms with van der Waals surface area (Å²) in [5.74, 6) is -7.13. The van der Waals surface area contributed by atoms with E-state index in [0.717, 1.165) is 6.92 Å². The van der Waals surface area contributed by atoms with Gasteiger partial charge in [0, 0.05) is 24.7 Å². The molecule has 0 bridgehead atoms. The lowest BCUT2D eigenvalue weighted by Gasteiger charge is -2.32. The Hall–Kier alpha value is -3.84. The monoisotopic (exact) mass is 672 g/mol. The van der Waals surface area contributed by atoms with E-state index in [2.05, 4.69) is 0 Å². The molecule has 0 aromatic rings. The molecule has 47 heavy (non-hydrogen) atoms. The summed E-state index contributed by atoms with van der Waals surface area (Å²) < 4.78 is 26.0. The van der Waals surface area contributed by atoms with Crippen LogP contribution in [0.15, 0.2) is 0 Å². The second kappa shape index (κ2) is 20.4. The number of ketones is 2. The second-order valence-corrected chi connectivity index (χ2v) is 12.2. The molecule has 0 saturated heterocycles. The summed E-state index contributed by atoms with van der Waals surface area (Å²) in [6, 6.07) is 0. The van der Waals surface area contributed by atoms with Gasteiger partial charge in [-0.15, -0.1) is 0 Å². The quantitative estimate of drug-likeness (QED) is 0.0881. The van der Waals surface area contributed by atoms with Crippen molar-refractivity contribution in [1.29, 1.82) is 0 Å². The Morgan fingerprint density at radius 1 is 0.596 bits per heavy atom. The van der Waals surface area contributed by atoms with Crippen molar-refractivity contribution in [3.63, 3.8) is 0 Å². The highest BCUT2D eigenvalue weighted by molar-refractivity contribution is 6.04. The van der Waals surface area contributed by atoms with Gasteiger partial charge in [-0.05, 0) is 66.7 Å². The first-order chi connectivity index (χ1) is 21.9. The van der Waals surface area contributed by atoms with Crippen LogP contribution in [0.2, 0.25) is 0 Å². The summed E-state index contributed by atoms with van der Waals surface area (Å²) >= 11 is 0. The normalized spacial score (nSPS) is 14.4. The smallest absolute Gasteiger partial charge is 0.319 e. The van der Waals surface area contributed by atoms with Crippen LogP contribution < -0.4 is 0 Å². The van der Waals surface area contributed by atoms with Crippen molar-refractivity contribution in [1.82, 2.24) is 0 Å². The Balaban J connectivity index is 5.53. The molecule has 0 amide bonds. The molecule has 0 rings (SSSR count). The van der Waals surface area contributed by atoms with Gasteiger partial charge >= 0.3 is 35.8 Å². The van der Waals surface area contributed by atoms with Crippen LogP contribution >= 0.6 is 0 Å². The van der Waals surface area contributed by atoms with Gasteiger partial charge < -0.3 is 28.8 Å². The van der Waals surface area contributed by atoms with E-state index in [1.807, 2.05) is 0 Å². The van der Waals surface area contributed by atoms with E-state index in [-0.39, 0.29) is 78.0 Å². The number of carboxylic acid groups (broad SMARTS) is 1. The number of ether oxygens (including phenoxy) is 5. The number of carboxylic acids is 1. The van der Waals surface area contributed by atoms with Crippen LogP contribution in [0.3, 0.4) is 0 Å². The van der Waals surface area contributed by atoms with Gasteiger partial charge in [-0.3, -0.25) is 38.4 Å². The summed E-state index contributed by atoms with van der Waals surface area (Å²) in [5, 5.41) is 9.20. The number of carbonyl (C=O) groups excluding carboxylic acids is 7. The lowest BCUT2D eigenvalue weighted by molar-refractivity contribution is -0.165. The van der Waals surface area contributed by atoms with Crippen molar-refractivity contribution in [2.24, 2.45) is 22.2 Å². The fourth-order valence-electron chi connectivity index (χ4n) is 4.89. The number of carbonyl (C=O) groups is 8. The van der Waals surface area contributed by atoms with Crippen molar-refractivity contribution in [2.75, 3.05) is 33.0 Å². The molecule has 0 fully saturated rings. The summed E-state index contributed by atoms with van der Waals surface area (Å²) in [6.45, 7) is 11.7. The van der Waals surface area contributed by atoms with Crippen molar-refractivity contribution in [2.45, 2.75) is 107 Å². The number of esters is 5. The van der Waals surface area contributed by atoms with Gasteiger partial charge in [0.05, 0.1) is 39.0 Å². The van der Waals surface area contributed by atoms with Crippen molar-refractivity contribution < 1.29 is 67.1 Å². The molecular formula is C33H52O14. The average Bonchev–Trinajstić information content (AvgIpc) is 2.99. The zero-order chi connectivity index (χ0) is 36.4. The van der Waals surface area contributed by atoms with Gasteiger partial charge in [0.2, 0.25) is 0 Å². The molecule has 268 valence electrons. The van der Waals surface area contributed by atoms with Gasteiger partial charge in [-0.2, -0.15) is 0 Å². The molecule has 0 aromatic carbocycles. The van der Waals surface area contributed by atoms with Crippen LogP contribution in [-0.4, -0.2) is 85.5 Å².